The molecular formula is C10H15F3N2O4S. The Morgan fingerprint density at radius 1 is 1.30 bits per heavy atom. The molecule has 1 saturated heterocycles. The van der Waals surface area contributed by atoms with Crippen LogP contribution in [-0.4, -0.2) is 81.6 Å². The maximum Gasteiger partial charge on any atom is 0.417 e. The van der Waals surface area contributed by atoms with E-state index < -0.39 is 42.1 Å². The molecule has 2 aliphatic heterocycles. The van der Waals surface area contributed by atoms with Gasteiger partial charge in [0.05, 0.1) is 0 Å². The molecule has 1 fully saturated rings. The molecule has 2 aliphatic rings. The van der Waals surface area contributed by atoms with Crippen LogP contribution in [0.2, 0.25) is 0 Å². The van der Waals surface area contributed by atoms with Gasteiger partial charge >= 0.3 is 6.18 Å². The first-order valence-corrected chi connectivity index (χ1v) is 6.69. The number of nitrogens with zero attached hydrogens (tertiary/aromatic N) is 2. The van der Waals surface area contributed by atoms with Crippen molar-refractivity contribution in [3.05, 3.63) is 0 Å². The van der Waals surface area contributed by atoms with Crippen molar-refractivity contribution in [1.82, 2.24) is 4.90 Å². The van der Waals surface area contributed by atoms with Gasteiger partial charge in [-0.1, -0.05) is 11.8 Å². The van der Waals surface area contributed by atoms with Crippen molar-refractivity contribution in [1.29, 1.82) is 0 Å². The molecule has 0 saturated carbocycles. The van der Waals surface area contributed by atoms with Crippen LogP contribution in [0, 0.1) is 0 Å². The minimum Gasteiger partial charge on any atom is -0.388 e. The van der Waals surface area contributed by atoms with Gasteiger partial charge in [0.25, 0.3) is 0 Å². The molecule has 2 heterocycles. The van der Waals surface area contributed by atoms with E-state index in [2.05, 4.69) is 4.99 Å². The van der Waals surface area contributed by atoms with Crippen LogP contribution >= 0.6 is 11.8 Å². The fraction of sp³-hybridized carbons (Fsp3) is 0.900. The molecule has 6 nitrogen and oxygen atoms in total. The van der Waals surface area contributed by atoms with E-state index in [0.29, 0.717) is 5.17 Å². The first-order valence-electron chi connectivity index (χ1n) is 5.81. The zero-order valence-corrected chi connectivity index (χ0v) is 11.5. The number of aliphatic imine (C=N–C) groups is 1. The second-order valence-electron chi connectivity index (χ2n) is 4.85. The van der Waals surface area contributed by atoms with Crippen LogP contribution in [0.25, 0.3) is 0 Å². The van der Waals surface area contributed by atoms with Crippen molar-refractivity contribution in [3.8, 4) is 0 Å². The molecule has 0 aliphatic carbocycles. The van der Waals surface area contributed by atoms with Gasteiger partial charge in [-0.2, -0.15) is 13.2 Å². The van der Waals surface area contributed by atoms with Crippen molar-refractivity contribution < 1.29 is 33.2 Å². The largest absolute Gasteiger partial charge is 0.417 e. The summed E-state index contributed by atoms with van der Waals surface area (Å²) in [4.78, 5) is 5.73. The molecule has 0 spiro atoms. The number of halogens is 3. The van der Waals surface area contributed by atoms with Gasteiger partial charge in [0.2, 0.25) is 0 Å². The minimum absolute atomic E-state index is 0.480. The Balaban J connectivity index is 2.17. The maximum absolute atomic E-state index is 12.5. The van der Waals surface area contributed by atoms with Crippen molar-refractivity contribution in [2.75, 3.05) is 14.1 Å². The monoisotopic (exact) mass is 316 g/mol. The summed E-state index contributed by atoms with van der Waals surface area (Å²) in [5.74, 6) is 0. The lowest BCUT2D eigenvalue weighted by Crippen LogP contribution is -2.60. The molecule has 3 N–H and O–H groups in total. The van der Waals surface area contributed by atoms with Crippen molar-refractivity contribution in [3.63, 3.8) is 0 Å². The summed E-state index contributed by atoms with van der Waals surface area (Å²) < 4.78 is 42.7. The lowest BCUT2D eigenvalue weighted by atomic mass is 9.94. The maximum atomic E-state index is 12.5. The SMILES string of the molecule is CN(C)C1=NC2C(OC([C@H](O)C(F)(F)F)C(O)C2O)S1. The summed E-state index contributed by atoms with van der Waals surface area (Å²) in [5.41, 5.74) is -0.868. The fourth-order valence-electron chi connectivity index (χ4n) is 2.04. The molecule has 0 aromatic rings. The number of aliphatic hydroxyl groups is 3. The molecule has 2 rings (SSSR count). The van der Waals surface area contributed by atoms with Crippen LogP contribution < -0.4 is 0 Å². The molecule has 0 aromatic carbocycles. The molecule has 20 heavy (non-hydrogen) atoms. The fourth-order valence-corrected chi connectivity index (χ4v) is 3.18. The number of hydrogen-bond acceptors (Lipinski definition) is 7. The minimum atomic E-state index is -4.94. The van der Waals surface area contributed by atoms with Crippen LogP contribution in [0.3, 0.4) is 0 Å². The average molecular weight is 316 g/mol. The van der Waals surface area contributed by atoms with Gasteiger partial charge in [-0.3, -0.25) is 4.99 Å². The third-order valence-electron chi connectivity index (χ3n) is 3.12. The highest BCUT2D eigenvalue weighted by molar-refractivity contribution is 8.14. The number of alkyl halides is 3. The van der Waals surface area contributed by atoms with E-state index in [9.17, 15) is 28.5 Å². The second kappa shape index (κ2) is 5.34. The molecule has 0 aromatic heterocycles. The zero-order chi connectivity index (χ0) is 15.2. The smallest absolute Gasteiger partial charge is 0.388 e. The summed E-state index contributed by atoms with van der Waals surface area (Å²) in [6.07, 6.45) is -13.1. The Bertz CT molecular complexity index is 406. The molecule has 0 radical (unpaired) electrons. The highest BCUT2D eigenvalue weighted by Gasteiger charge is 2.56. The topological polar surface area (TPSA) is 85.5 Å². The van der Waals surface area contributed by atoms with Gasteiger partial charge in [-0.15, -0.1) is 0 Å². The standard InChI is InChI=1S/C10H15F3N2O4S/c1-15(2)9-14-3-4(16)5(17)6(19-8(3)20-9)7(18)10(11,12)13/h3-8,16-18H,1-2H3/t3?,4?,5?,6?,7-,8?/m0/s1. The van der Waals surface area contributed by atoms with Crippen LogP contribution in [0.5, 0.6) is 0 Å². The highest BCUT2D eigenvalue weighted by atomic mass is 32.2. The van der Waals surface area contributed by atoms with E-state index in [4.69, 9.17) is 4.74 Å². The number of rotatable bonds is 1. The van der Waals surface area contributed by atoms with E-state index in [1.54, 1.807) is 19.0 Å². The average Bonchev–Trinajstić information content (AvgIpc) is 2.76. The normalized spacial score (nSPS) is 39.2. The number of aliphatic hydroxyl groups excluding tert-OH is 3. The third kappa shape index (κ3) is 2.75. The van der Waals surface area contributed by atoms with Crippen molar-refractivity contribution >= 4 is 16.9 Å². The van der Waals surface area contributed by atoms with Gasteiger partial charge in [0.15, 0.2) is 11.3 Å². The summed E-state index contributed by atoms with van der Waals surface area (Å²) in [7, 11) is 3.38. The molecule has 0 amide bonds. The number of thioether (sulfide) groups is 1. The molecule has 0 bridgehead atoms. The Labute approximate surface area is 117 Å². The second-order valence-corrected chi connectivity index (χ2v) is 5.92. The Kier molecular flexibility index (Phi) is 4.22. The Morgan fingerprint density at radius 3 is 2.40 bits per heavy atom. The van der Waals surface area contributed by atoms with Gasteiger partial charge in [-0.25, -0.2) is 0 Å². The van der Waals surface area contributed by atoms with E-state index in [1.807, 2.05) is 0 Å². The molecule has 5 unspecified atom stereocenters. The Hall–Kier alpha value is -0.550. The molecule has 10 heteroatoms. The van der Waals surface area contributed by atoms with Crippen molar-refractivity contribution in [2.24, 2.45) is 4.99 Å². The lowest BCUT2D eigenvalue weighted by Gasteiger charge is -2.40. The highest BCUT2D eigenvalue weighted by Crippen LogP contribution is 2.39. The van der Waals surface area contributed by atoms with Crippen LogP contribution in [-0.2, 0) is 4.74 Å². The number of amidine groups is 1. The summed E-state index contributed by atoms with van der Waals surface area (Å²) in [6, 6.07) is -0.857. The van der Waals surface area contributed by atoms with Gasteiger partial charge in [0, 0.05) is 14.1 Å². The third-order valence-corrected chi connectivity index (χ3v) is 4.42. The van der Waals surface area contributed by atoms with Crippen molar-refractivity contribution in [2.45, 2.75) is 42.1 Å². The van der Waals surface area contributed by atoms with Crippen LogP contribution in [0.15, 0.2) is 4.99 Å². The predicted octanol–water partition coefficient (Wildman–Crippen LogP) is -0.611. The van der Waals surface area contributed by atoms with Crippen LogP contribution in [0.4, 0.5) is 13.2 Å². The quantitative estimate of drug-likeness (QED) is 0.598. The van der Waals surface area contributed by atoms with E-state index in [0.717, 1.165) is 11.8 Å². The van der Waals surface area contributed by atoms with Gasteiger partial charge < -0.3 is 25.0 Å². The molecule has 116 valence electrons. The number of hydrogen-bond donors (Lipinski definition) is 3. The van der Waals surface area contributed by atoms with Gasteiger partial charge in [-0.05, 0) is 0 Å². The van der Waals surface area contributed by atoms with E-state index >= 15 is 0 Å². The lowest BCUT2D eigenvalue weighted by molar-refractivity contribution is -0.271. The Morgan fingerprint density at radius 2 is 1.90 bits per heavy atom. The number of fused-ring (bicyclic) bond motifs is 1. The summed E-state index contributed by atoms with van der Waals surface area (Å²) in [6.45, 7) is 0. The summed E-state index contributed by atoms with van der Waals surface area (Å²) in [5, 5.41) is 29.3. The molecule has 6 atom stereocenters. The summed E-state index contributed by atoms with van der Waals surface area (Å²) >= 11 is 1.04. The van der Waals surface area contributed by atoms with E-state index in [1.165, 1.54) is 0 Å². The molecular weight excluding hydrogens is 301 g/mol. The van der Waals surface area contributed by atoms with Crippen LogP contribution in [0.1, 0.15) is 0 Å². The van der Waals surface area contributed by atoms with E-state index in [-0.39, 0.29) is 0 Å². The van der Waals surface area contributed by atoms with Gasteiger partial charge in [0.1, 0.15) is 29.8 Å². The first-order chi connectivity index (χ1) is 9.12. The first kappa shape index (κ1) is 15.8. The predicted molar refractivity (Wildman–Crippen MR) is 65.2 cm³/mol. The number of ether oxygens (including phenoxy) is 1. The zero-order valence-electron chi connectivity index (χ0n) is 10.7.